The van der Waals surface area contributed by atoms with E-state index < -0.39 is 0 Å². The number of pyridine rings is 1. The van der Waals surface area contributed by atoms with E-state index in [2.05, 4.69) is 10.3 Å². The first-order chi connectivity index (χ1) is 12.8. The van der Waals surface area contributed by atoms with Gasteiger partial charge < -0.3 is 10.1 Å². The topological polar surface area (TPSA) is 51.2 Å². The Kier molecular flexibility index (Phi) is 5.99. The van der Waals surface area contributed by atoms with Gasteiger partial charge in [0, 0.05) is 18.9 Å². The highest BCUT2D eigenvalue weighted by atomic mass is 16.5. The van der Waals surface area contributed by atoms with Crippen LogP contribution in [0.15, 0.2) is 79.1 Å². The monoisotopic (exact) mass is 346 g/mol. The summed E-state index contributed by atoms with van der Waals surface area (Å²) >= 11 is 0. The molecule has 3 aromatic rings. The van der Waals surface area contributed by atoms with Gasteiger partial charge >= 0.3 is 0 Å². The summed E-state index contributed by atoms with van der Waals surface area (Å²) in [4.78, 5) is 17.0. The summed E-state index contributed by atoms with van der Waals surface area (Å²) < 4.78 is 5.33. The molecule has 0 spiro atoms. The van der Waals surface area contributed by atoms with Crippen molar-refractivity contribution < 1.29 is 9.53 Å². The Hall–Kier alpha value is -3.14. The van der Waals surface area contributed by atoms with Crippen molar-refractivity contribution in [3.05, 3.63) is 95.8 Å². The van der Waals surface area contributed by atoms with Crippen LogP contribution in [0.3, 0.4) is 0 Å². The van der Waals surface area contributed by atoms with Crippen LogP contribution in [0.25, 0.3) is 0 Å². The van der Waals surface area contributed by atoms with E-state index in [1.807, 2.05) is 66.7 Å². The van der Waals surface area contributed by atoms with Gasteiger partial charge in [0.15, 0.2) is 0 Å². The number of nitrogens with zero attached hydrogens (tertiary/aromatic N) is 1. The van der Waals surface area contributed by atoms with E-state index >= 15 is 0 Å². The zero-order valence-electron chi connectivity index (χ0n) is 14.8. The summed E-state index contributed by atoms with van der Waals surface area (Å²) in [6.07, 6.45) is 4.09. The van der Waals surface area contributed by atoms with Gasteiger partial charge in [0.25, 0.3) is 0 Å². The maximum Gasteiger partial charge on any atom is 0.228 e. The van der Waals surface area contributed by atoms with Crippen molar-refractivity contribution in [1.82, 2.24) is 10.3 Å². The molecule has 0 aliphatic rings. The molecular weight excluding hydrogens is 324 g/mol. The molecule has 4 heteroatoms. The Morgan fingerprint density at radius 1 is 1.00 bits per heavy atom. The minimum absolute atomic E-state index is 0.00100. The second-order valence-corrected chi connectivity index (χ2v) is 6.09. The minimum Gasteiger partial charge on any atom is -0.497 e. The molecule has 0 aliphatic heterocycles. The van der Waals surface area contributed by atoms with Gasteiger partial charge in [-0.1, -0.05) is 42.5 Å². The van der Waals surface area contributed by atoms with Crippen LogP contribution in [0.1, 0.15) is 22.6 Å². The van der Waals surface area contributed by atoms with Gasteiger partial charge in [-0.15, -0.1) is 0 Å². The summed E-state index contributed by atoms with van der Waals surface area (Å²) in [5.41, 5.74) is 3.09. The Balaban J connectivity index is 1.80. The Morgan fingerprint density at radius 2 is 1.77 bits per heavy atom. The third kappa shape index (κ3) is 4.70. The molecule has 1 amide bonds. The Bertz CT molecular complexity index is 835. The number of nitrogens with one attached hydrogen (secondary N) is 1. The van der Waals surface area contributed by atoms with E-state index in [-0.39, 0.29) is 11.8 Å². The molecule has 1 heterocycles. The second kappa shape index (κ2) is 8.81. The van der Waals surface area contributed by atoms with Crippen LogP contribution in [0.2, 0.25) is 0 Å². The van der Waals surface area contributed by atoms with Crippen molar-refractivity contribution >= 4 is 5.91 Å². The first-order valence-corrected chi connectivity index (χ1v) is 8.61. The lowest BCUT2D eigenvalue weighted by Gasteiger charge is -2.18. The van der Waals surface area contributed by atoms with Crippen LogP contribution in [-0.2, 0) is 17.8 Å². The SMILES string of the molecule is COc1cccc(C(Cc2ccccc2)C(=O)NCc2ccncc2)c1. The lowest BCUT2D eigenvalue weighted by atomic mass is 9.91. The lowest BCUT2D eigenvalue weighted by molar-refractivity contribution is -0.122. The van der Waals surface area contributed by atoms with Crippen LogP contribution < -0.4 is 10.1 Å². The van der Waals surface area contributed by atoms with Crippen molar-refractivity contribution in [2.24, 2.45) is 0 Å². The van der Waals surface area contributed by atoms with E-state index in [4.69, 9.17) is 4.74 Å². The Morgan fingerprint density at radius 3 is 2.50 bits per heavy atom. The number of methoxy groups -OCH3 is 1. The number of carbonyl (C=O) groups excluding carboxylic acids is 1. The molecule has 1 atom stereocenters. The van der Waals surface area contributed by atoms with Crippen molar-refractivity contribution in [3.8, 4) is 5.75 Å². The van der Waals surface area contributed by atoms with Gasteiger partial charge in [-0.05, 0) is 47.4 Å². The predicted molar refractivity (Wildman–Crippen MR) is 102 cm³/mol. The smallest absolute Gasteiger partial charge is 0.228 e. The molecule has 132 valence electrons. The summed E-state index contributed by atoms with van der Waals surface area (Å²) in [7, 11) is 1.63. The molecule has 3 rings (SSSR count). The largest absolute Gasteiger partial charge is 0.497 e. The molecule has 26 heavy (non-hydrogen) atoms. The maximum absolute atomic E-state index is 13.0. The van der Waals surface area contributed by atoms with Crippen LogP contribution >= 0.6 is 0 Å². The number of amides is 1. The summed E-state index contributed by atoms with van der Waals surface area (Å²) in [6, 6.07) is 21.6. The fourth-order valence-corrected chi connectivity index (χ4v) is 2.88. The number of aromatic nitrogens is 1. The van der Waals surface area contributed by atoms with Crippen LogP contribution in [0.5, 0.6) is 5.75 Å². The zero-order valence-corrected chi connectivity index (χ0v) is 14.8. The van der Waals surface area contributed by atoms with E-state index in [0.29, 0.717) is 13.0 Å². The molecule has 0 saturated heterocycles. The van der Waals surface area contributed by atoms with E-state index in [1.54, 1.807) is 19.5 Å². The third-order valence-electron chi connectivity index (χ3n) is 4.31. The number of benzene rings is 2. The average Bonchev–Trinajstić information content (AvgIpc) is 2.72. The van der Waals surface area contributed by atoms with Crippen molar-refractivity contribution in [2.45, 2.75) is 18.9 Å². The molecule has 0 bridgehead atoms. The first-order valence-electron chi connectivity index (χ1n) is 8.61. The molecule has 1 aromatic heterocycles. The average molecular weight is 346 g/mol. The summed E-state index contributed by atoms with van der Waals surface area (Å²) in [5.74, 6) is 0.468. The molecule has 2 aromatic carbocycles. The second-order valence-electron chi connectivity index (χ2n) is 6.09. The fraction of sp³-hybridized carbons (Fsp3) is 0.182. The number of ether oxygens (including phenoxy) is 1. The molecule has 0 aliphatic carbocycles. The maximum atomic E-state index is 13.0. The molecule has 0 fully saturated rings. The van der Waals surface area contributed by atoms with Gasteiger partial charge in [0.1, 0.15) is 5.75 Å². The normalized spacial score (nSPS) is 11.6. The van der Waals surface area contributed by atoms with Crippen molar-refractivity contribution in [2.75, 3.05) is 7.11 Å². The number of rotatable bonds is 7. The molecule has 0 radical (unpaired) electrons. The van der Waals surface area contributed by atoms with Gasteiger partial charge in [0.2, 0.25) is 5.91 Å². The van der Waals surface area contributed by atoms with Gasteiger partial charge in [-0.2, -0.15) is 0 Å². The molecule has 1 N–H and O–H groups in total. The van der Waals surface area contributed by atoms with Crippen LogP contribution in [0.4, 0.5) is 0 Å². The standard InChI is InChI=1S/C22H22N2O2/c1-26-20-9-5-8-19(15-20)21(14-17-6-3-2-4-7-17)22(25)24-16-18-10-12-23-13-11-18/h2-13,15,21H,14,16H2,1H3,(H,24,25). The predicted octanol–water partition coefficient (Wildman–Crippen LogP) is 3.73. The zero-order chi connectivity index (χ0) is 18.2. The fourth-order valence-electron chi connectivity index (χ4n) is 2.88. The van der Waals surface area contributed by atoms with Crippen molar-refractivity contribution in [3.63, 3.8) is 0 Å². The highest BCUT2D eigenvalue weighted by molar-refractivity contribution is 5.84. The summed E-state index contributed by atoms with van der Waals surface area (Å²) in [5, 5.41) is 3.05. The Labute approximate surface area is 153 Å². The van der Waals surface area contributed by atoms with Gasteiger partial charge in [0.05, 0.1) is 13.0 Å². The minimum atomic E-state index is -0.283. The van der Waals surface area contributed by atoms with E-state index in [9.17, 15) is 4.79 Å². The molecule has 1 unspecified atom stereocenters. The highest BCUT2D eigenvalue weighted by Crippen LogP contribution is 2.25. The number of carbonyl (C=O) groups is 1. The van der Waals surface area contributed by atoms with E-state index in [0.717, 1.165) is 22.4 Å². The van der Waals surface area contributed by atoms with Gasteiger partial charge in [-0.3, -0.25) is 9.78 Å². The summed E-state index contributed by atoms with van der Waals surface area (Å²) in [6.45, 7) is 0.483. The molecule has 0 saturated carbocycles. The quantitative estimate of drug-likeness (QED) is 0.709. The first kappa shape index (κ1) is 17.7. The third-order valence-corrected chi connectivity index (χ3v) is 4.31. The lowest BCUT2D eigenvalue weighted by Crippen LogP contribution is -2.30. The molecule has 4 nitrogen and oxygen atoms in total. The molecular formula is C22H22N2O2. The highest BCUT2D eigenvalue weighted by Gasteiger charge is 2.21. The van der Waals surface area contributed by atoms with Crippen molar-refractivity contribution in [1.29, 1.82) is 0 Å². The number of hydrogen-bond acceptors (Lipinski definition) is 3. The van der Waals surface area contributed by atoms with E-state index in [1.165, 1.54) is 0 Å². The van der Waals surface area contributed by atoms with Crippen LogP contribution in [-0.4, -0.2) is 18.0 Å². The van der Waals surface area contributed by atoms with Crippen LogP contribution in [0, 0.1) is 0 Å². The number of hydrogen-bond donors (Lipinski definition) is 1. The van der Waals surface area contributed by atoms with Gasteiger partial charge in [-0.25, -0.2) is 0 Å².